The fraction of sp³-hybridized carbons (Fsp3) is 0.625. The van der Waals surface area contributed by atoms with Gasteiger partial charge >= 0.3 is 5.97 Å². The summed E-state index contributed by atoms with van der Waals surface area (Å²) in [4.78, 5) is 22.6. The Morgan fingerprint density at radius 2 is 1.95 bits per heavy atom. The van der Waals surface area contributed by atoms with Gasteiger partial charge in [-0.05, 0) is 31.2 Å². The summed E-state index contributed by atoms with van der Waals surface area (Å²) in [6, 6.07) is 1.48. The van der Waals surface area contributed by atoms with Crippen LogP contribution in [0, 0.1) is 11.8 Å². The molecule has 0 saturated heterocycles. The van der Waals surface area contributed by atoms with Gasteiger partial charge in [-0.2, -0.15) is 0 Å². The lowest BCUT2D eigenvalue weighted by atomic mass is 9.81. The Labute approximate surface area is 119 Å². The van der Waals surface area contributed by atoms with E-state index in [0.717, 1.165) is 12.3 Å². The maximum absolute atomic E-state index is 11.4. The number of aryl methyl sites for hydroxylation is 1. The zero-order chi connectivity index (χ0) is 14.7. The highest BCUT2D eigenvalue weighted by Gasteiger charge is 2.20. The number of carbonyl (C=O) groups excluding carboxylic acids is 1. The number of nitrogens with zero attached hydrogens (tertiary/aromatic N) is 1. The third-order valence-corrected chi connectivity index (χ3v) is 4.44. The molecule has 0 radical (unpaired) electrons. The molecule has 4 nitrogen and oxygen atoms in total. The summed E-state index contributed by atoms with van der Waals surface area (Å²) in [6.45, 7) is 4.45. The molecule has 0 unspecified atom stereocenters. The highest BCUT2D eigenvalue weighted by Crippen LogP contribution is 2.30. The van der Waals surface area contributed by atoms with Crippen molar-refractivity contribution >= 4 is 11.8 Å². The number of rotatable bonds is 5. The third-order valence-electron chi connectivity index (χ3n) is 4.44. The molecule has 110 valence electrons. The Bertz CT molecular complexity index is 496. The van der Waals surface area contributed by atoms with Crippen molar-refractivity contribution in [2.45, 2.75) is 52.5 Å². The first-order valence-electron chi connectivity index (χ1n) is 7.41. The third kappa shape index (κ3) is 3.50. The zero-order valence-corrected chi connectivity index (χ0v) is 12.3. The van der Waals surface area contributed by atoms with Crippen LogP contribution >= 0.6 is 0 Å². The number of Topliss-reactive ketones (excluding diaryl/α,β-unsaturated/α-hetero) is 1. The summed E-state index contributed by atoms with van der Waals surface area (Å²) in [7, 11) is 0. The van der Waals surface area contributed by atoms with Gasteiger partial charge in [0.1, 0.15) is 5.69 Å². The molecule has 2 rings (SSSR count). The lowest BCUT2D eigenvalue weighted by Crippen LogP contribution is -2.15. The molecule has 1 fully saturated rings. The largest absolute Gasteiger partial charge is 0.477 e. The Kier molecular flexibility index (Phi) is 4.63. The predicted octanol–water partition coefficient (Wildman–Crippen LogP) is 3.61. The van der Waals surface area contributed by atoms with E-state index in [2.05, 4.69) is 6.92 Å². The molecule has 0 aromatic carbocycles. The molecule has 0 spiro atoms. The van der Waals surface area contributed by atoms with Crippen LogP contribution < -0.4 is 0 Å². The molecular formula is C16H23NO3. The monoisotopic (exact) mass is 277 g/mol. The highest BCUT2D eigenvalue weighted by molar-refractivity contribution is 5.97. The quantitative estimate of drug-likeness (QED) is 0.836. The number of carbonyl (C=O) groups is 2. The molecule has 0 amide bonds. The summed E-state index contributed by atoms with van der Waals surface area (Å²) in [5.41, 5.74) is 0.707. The molecule has 1 aromatic heterocycles. The van der Waals surface area contributed by atoms with E-state index in [0.29, 0.717) is 18.0 Å². The van der Waals surface area contributed by atoms with E-state index in [4.69, 9.17) is 0 Å². The minimum absolute atomic E-state index is 0.0854. The van der Waals surface area contributed by atoms with E-state index in [1.165, 1.54) is 38.7 Å². The van der Waals surface area contributed by atoms with Crippen LogP contribution in [-0.4, -0.2) is 21.4 Å². The molecule has 20 heavy (non-hydrogen) atoms. The van der Waals surface area contributed by atoms with Crippen molar-refractivity contribution in [3.05, 3.63) is 23.5 Å². The number of hydrogen-bond donors (Lipinski definition) is 1. The minimum atomic E-state index is -0.963. The Hall–Kier alpha value is -1.58. The van der Waals surface area contributed by atoms with Gasteiger partial charge in [0.15, 0.2) is 5.78 Å². The SMILES string of the molecule is CC(=O)c1cc(C(=O)O)n(CCC2CCC(C)CC2)c1. The minimum Gasteiger partial charge on any atom is -0.477 e. The summed E-state index contributed by atoms with van der Waals surface area (Å²) in [5, 5.41) is 9.20. The van der Waals surface area contributed by atoms with Crippen molar-refractivity contribution in [2.75, 3.05) is 0 Å². The summed E-state index contributed by atoms with van der Waals surface area (Å²) in [6.07, 6.45) is 7.72. The first-order valence-corrected chi connectivity index (χ1v) is 7.41. The maximum Gasteiger partial charge on any atom is 0.352 e. The van der Waals surface area contributed by atoms with Crippen LogP contribution in [0.1, 0.15) is 66.8 Å². The second-order valence-corrected chi connectivity index (χ2v) is 6.08. The molecular weight excluding hydrogens is 254 g/mol. The first kappa shape index (κ1) is 14.8. The second-order valence-electron chi connectivity index (χ2n) is 6.08. The van der Waals surface area contributed by atoms with Gasteiger partial charge < -0.3 is 9.67 Å². The zero-order valence-electron chi connectivity index (χ0n) is 12.3. The van der Waals surface area contributed by atoms with Crippen molar-refractivity contribution in [1.82, 2.24) is 4.57 Å². The van der Waals surface area contributed by atoms with Gasteiger partial charge in [-0.15, -0.1) is 0 Å². The van der Waals surface area contributed by atoms with Crippen LogP contribution in [0.2, 0.25) is 0 Å². The molecule has 1 N–H and O–H groups in total. The van der Waals surface area contributed by atoms with E-state index >= 15 is 0 Å². The van der Waals surface area contributed by atoms with Crippen LogP contribution in [0.3, 0.4) is 0 Å². The van der Waals surface area contributed by atoms with Crippen LogP contribution in [0.15, 0.2) is 12.3 Å². The number of hydrogen-bond acceptors (Lipinski definition) is 2. The molecule has 1 heterocycles. The molecule has 0 atom stereocenters. The Morgan fingerprint density at radius 3 is 2.50 bits per heavy atom. The van der Waals surface area contributed by atoms with E-state index in [-0.39, 0.29) is 11.5 Å². The Balaban J connectivity index is 2.01. The van der Waals surface area contributed by atoms with Gasteiger partial charge in [0, 0.05) is 18.3 Å². The number of aromatic carboxylic acids is 1. The van der Waals surface area contributed by atoms with Crippen LogP contribution in [-0.2, 0) is 6.54 Å². The molecule has 1 saturated carbocycles. The molecule has 0 aliphatic heterocycles. The van der Waals surface area contributed by atoms with Gasteiger partial charge in [0.05, 0.1) is 0 Å². The van der Waals surface area contributed by atoms with Crippen molar-refractivity contribution < 1.29 is 14.7 Å². The van der Waals surface area contributed by atoms with Crippen LogP contribution in [0.5, 0.6) is 0 Å². The lowest BCUT2D eigenvalue weighted by Gasteiger charge is -2.26. The van der Waals surface area contributed by atoms with E-state index < -0.39 is 5.97 Å². The smallest absolute Gasteiger partial charge is 0.352 e. The lowest BCUT2D eigenvalue weighted by molar-refractivity contribution is 0.0684. The molecule has 1 aliphatic rings. The highest BCUT2D eigenvalue weighted by atomic mass is 16.4. The number of carboxylic acids is 1. The maximum atomic E-state index is 11.4. The predicted molar refractivity (Wildman–Crippen MR) is 77.1 cm³/mol. The van der Waals surface area contributed by atoms with Crippen molar-refractivity contribution in [1.29, 1.82) is 0 Å². The van der Waals surface area contributed by atoms with Crippen molar-refractivity contribution in [2.24, 2.45) is 11.8 Å². The summed E-state index contributed by atoms with van der Waals surface area (Å²) in [5.74, 6) is 0.472. The molecule has 1 aliphatic carbocycles. The van der Waals surface area contributed by atoms with E-state index in [1.807, 2.05) is 0 Å². The average Bonchev–Trinajstić information content (AvgIpc) is 2.82. The van der Waals surface area contributed by atoms with Gasteiger partial charge in [0.25, 0.3) is 0 Å². The van der Waals surface area contributed by atoms with Crippen molar-refractivity contribution in [3.63, 3.8) is 0 Å². The number of carboxylic acid groups (broad SMARTS) is 1. The van der Waals surface area contributed by atoms with E-state index in [1.54, 1.807) is 10.8 Å². The van der Waals surface area contributed by atoms with Gasteiger partial charge in [-0.25, -0.2) is 4.79 Å². The average molecular weight is 277 g/mol. The van der Waals surface area contributed by atoms with Gasteiger partial charge in [-0.3, -0.25) is 4.79 Å². The standard InChI is InChI=1S/C16H23NO3/c1-11-3-5-13(6-4-11)7-8-17-10-14(12(2)18)9-15(17)16(19)20/h9-11,13H,3-8H2,1-2H3,(H,19,20). The van der Waals surface area contributed by atoms with Crippen molar-refractivity contribution in [3.8, 4) is 0 Å². The van der Waals surface area contributed by atoms with Crippen LogP contribution in [0.4, 0.5) is 0 Å². The second kappa shape index (κ2) is 6.25. The summed E-state index contributed by atoms with van der Waals surface area (Å²) >= 11 is 0. The van der Waals surface area contributed by atoms with Gasteiger partial charge in [0.2, 0.25) is 0 Å². The molecule has 4 heteroatoms. The Morgan fingerprint density at radius 1 is 1.30 bits per heavy atom. The van der Waals surface area contributed by atoms with Gasteiger partial charge in [-0.1, -0.05) is 32.6 Å². The van der Waals surface area contributed by atoms with E-state index in [9.17, 15) is 14.7 Å². The topological polar surface area (TPSA) is 59.3 Å². The fourth-order valence-corrected chi connectivity index (χ4v) is 3.01. The first-order chi connectivity index (χ1) is 9.47. The molecule has 0 bridgehead atoms. The summed E-state index contributed by atoms with van der Waals surface area (Å²) < 4.78 is 1.72. The molecule has 1 aromatic rings. The normalized spacial score (nSPS) is 22.7. The number of aromatic nitrogens is 1. The number of ketones is 1. The fourth-order valence-electron chi connectivity index (χ4n) is 3.01. The van der Waals surface area contributed by atoms with Crippen LogP contribution in [0.25, 0.3) is 0 Å².